The summed E-state index contributed by atoms with van der Waals surface area (Å²) in [7, 11) is 1.53. The second-order valence-corrected chi connectivity index (χ2v) is 4.76. The van der Waals surface area contributed by atoms with Crippen LogP contribution in [-0.2, 0) is 19.1 Å². The second kappa shape index (κ2) is 5.45. The molecule has 6 nitrogen and oxygen atoms in total. The Morgan fingerprint density at radius 3 is 2.94 bits per heavy atom. The van der Waals surface area contributed by atoms with Crippen molar-refractivity contribution in [3.05, 3.63) is 10.5 Å². The molecule has 0 radical (unpaired) electrons. The molecule has 1 amide bonds. The summed E-state index contributed by atoms with van der Waals surface area (Å²) in [5.74, 6) is -1.24. The van der Waals surface area contributed by atoms with E-state index in [1.54, 1.807) is 6.92 Å². The number of carbonyl (C=O) groups is 2. The molecule has 0 N–H and O–H groups in total. The standard InChI is InChI=1S/C11H12N2O4S/c1-6-7-9(14)12-5-13-10(7)18-8(6)11(15)17-4-3-16-2/h5,7H,3-4H2,1-2H3. The van der Waals surface area contributed by atoms with Crippen LogP contribution in [0.15, 0.2) is 20.5 Å². The molecule has 2 rings (SSSR count). The van der Waals surface area contributed by atoms with E-state index in [2.05, 4.69) is 9.98 Å². The number of hydrogen-bond donors (Lipinski definition) is 0. The van der Waals surface area contributed by atoms with Crippen molar-refractivity contribution in [2.75, 3.05) is 20.3 Å². The fourth-order valence-corrected chi connectivity index (χ4v) is 2.78. The van der Waals surface area contributed by atoms with Gasteiger partial charge in [0.05, 0.1) is 16.6 Å². The molecule has 0 fully saturated rings. The van der Waals surface area contributed by atoms with Crippen LogP contribution in [0, 0.1) is 5.92 Å². The maximum absolute atomic E-state index is 11.8. The first-order chi connectivity index (χ1) is 8.65. The average Bonchev–Trinajstić information content (AvgIpc) is 2.68. The minimum atomic E-state index is -0.509. The Balaban J connectivity index is 2.10. The summed E-state index contributed by atoms with van der Waals surface area (Å²) < 4.78 is 9.82. The average molecular weight is 268 g/mol. The number of rotatable bonds is 4. The summed E-state index contributed by atoms with van der Waals surface area (Å²) >= 11 is 1.17. The Morgan fingerprint density at radius 2 is 2.28 bits per heavy atom. The Labute approximate surface area is 108 Å². The second-order valence-electron chi connectivity index (χ2n) is 3.73. The molecular weight excluding hydrogens is 256 g/mol. The third-order valence-electron chi connectivity index (χ3n) is 2.57. The first-order valence-corrected chi connectivity index (χ1v) is 6.15. The first-order valence-electron chi connectivity index (χ1n) is 5.34. The Bertz CT molecular complexity index is 481. The highest BCUT2D eigenvalue weighted by Crippen LogP contribution is 2.40. The lowest BCUT2D eigenvalue weighted by Gasteiger charge is -2.09. The topological polar surface area (TPSA) is 77.3 Å². The minimum Gasteiger partial charge on any atom is -0.459 e. The van der Waals surface area contributed by atoms with Crippen molar-refractivity contribution < 1.29 is 19.1 Å². The third-order valence-corrected chi connectivity index (χ3v) is 3.81. The van der Waals surface area contributed by atoms with Crippen molar-refractivity contribution in [3.63, 3.8) is 0 Å². The van der Waals surface area contributed by atoms with Crippen LogP contribution in [0.1, 0.15) is 6.92 Å². The van der Waals surface area contributed by atoms with Gasteiger partial charge in [-0.25, -0.2) is 14.8 Å². The van der Waals surface area contributed by atoms with E-state index in [0.717, 1.165) is 0 Å². The molecule has 0 aliphatic carbocycles. The van der Waals surface area contributed by atoms with E-state index in [-0.39, 0.29) is 12.5 Å². The van der Waals surface area contributed by atoms with Gasteiger partial charge in [-0.05, 0) is 12.5 Å². The molecule has 1 atom stereocenters. The van der Waals surface area contributed by atoms with Gasteiger partial charge in [-0.1, -0.05) is 11.8 Å². The fraction of sp³-hybridized carbons (Fsp3) is 0.455. The number of nitrogens with zero attached hydrogens (tertiary/aromatic N) is 2. The number of ether oxygens (including phenoxy) is 2. The van der Waals surface area contributed by atoms with Crippen molar-refractivity contribution in [2.24, 2.45) is 15.9 Å². The number of methoxy groups -OCH3 is 1. The molecule has 0 aromatic rings. The molecule has 2 heterocycles. The van der Waals surface area contributed by atoms with Crippen LogP contribution < -0.4 is 0 Å². The number of amides is 1. The van der Waals surface area contributed by atoms with Crippen LogP contribution in [0.5, 0.6) is 0 Å². The van der Waals surface area contributed by atoms with Crippen LogP contribution >= 0.6 is 11.8 Å². The van der Waals surface area contributed by atoms with Crippen LogP contribution in [0.2, 0.25) is 0 Å². The van der Waals surface area contributed by atoms with Gasteiger partial charge < -0.3 is 9.47 Å². The molecular formula is C11H12N2O4S. The zero-order valence-corrected chi connectivity index (χ0v) is 10.8. The summed E-state index contributed by atoms with van der Waals surface area (Å²) in [6.07, 6.45) is 1.22. The molecule has 0 bridgehead atoms. The minimum absolute atomic E-state index is 0.189. The van der Waals surface area contributed by atoms with Gasteiger partial charge in [-0.3, -0.25) is 4.79 Å². The molecule has 0 aromatic heterocycles. The lowest BCUT2D eigenvalue weighted by molar-refractivity contribution is -0.139. The van der Waals surface area contributed by atoms with Crippen LogP contribution in [0.4, 0.5) is 0 Å². The number of carbonyl (C=O) groups excluding carboxylic acids is 2. The predicted molar refractivity (Wildman–Crippen MR) is 67.6 cm³/mol. The molecule has 18 heavy (non-hydrogen) atoms. The molecule has 0 aromatic carbocycles. The van der Waals surface area contributed by atoms with Crippen molar-refractivity contribution in [3.8, 4) is 0 Å². The predicted octanol–water partition coefficient (Wildman–Crippen LogP) is 0.780. The van der Waals surface area contributed by atoms with Gasteiger partial charge >= 0.3 is 5.97 Å². The van der Waals surface area contributed by atoms with Crippen LogP contribution in [0.25, 0.3) is 0 Å². The first kappa shape index (κ1) is 13.0. The number of hydrogen-bond acceptors (Lipinski definition) is 6. The summed E-state index contributed by atoms with van der Waals surface area (Å²) in [5.41, 5.74) is 0.656. The van der Waals surface area contributed by atoms with Crippen molar-refractivity contribution in [2.45, 2.75) is 6.92 Å². The molecule has 7 heteroatoms. The molecule has 2 aliphatic heterocycles. The number of thioether (sulfide) groups is 1. The van der Waals surface area contributed by atoms with Gasteiger partial charge in [-0.2, -0.15) is 0 Å². The van der Waals surface area contributed by atoms with E-state index < -0.39 is 11.9 Å². The van der Waals surface area contributed by atoms with Gasteiger partial charge in [0.1, 0.15) is 18.9 Å². The highest BCUT2D eigenvalue weighted by molar-refractivity contribution is 8.18. The monoisotopic (exact) mass is 268 g/mol. The summed E-state index contributed by atoms with van der Waals surface area (Å²) in [6, 6.07) is 0. The Hall–Kier alpha value is -1.47. The summed E-state index contributed by atoms with van der Waals surface area (Å²) in [5, 5.41) is 0.589. The fourth-order valence-electron chi connectivity index (χ4n) is 1.66. The lowest BCUT2D eigenvalue weighted by atomic mass is 10.0. The van der Waals surface area contributed by atoms with E-state index in [4.69, 9.17) is 9.47 Å². The van der Waals surface area contributed by atoms with Crippen molar-refractivity contribution >= 4 is 35.0 Å². The zero-order chi connectivity index (χ0) is 13.1. The highest BCUT2D eigenvalue weighted by Gasteiger charge is 2.39. The van der Waals surface area contributed by atoms with Crippen LogP contribution in [0.3, 0.4) is 0 Å². The quantitative estimate of drug-likeness (QED) is 0.556. The van der Waals surface area contributed by atoms with E-state index in [0.29, 0.717) is 22.1 Å². The van der Waals surface area contributed by atoms with E-state index >= 15 is 0 Å². The molecule has 1 unspecified atom stereocenters. The summed E-state index contributed by atoms with van der Waals surface area (Å²) in [4.78, 5) is 31.5. The van der Waals surface area contributed by atoms with Gasteiger partial charge in [-0.15, -0.1) is 0 Å². The van der Waals surface area contributed by atoms with Crippen molar-refractivity contribution in [1.29, 1.82) is 0 Å². The normalized spacial score (nSPS) is 22.0. The van der Waals surface area contributed by atoms with Gasteiger partial charge in [0, 0.05) is 7.11 Å². The van der Waals surface area contributed by atoms with E-state index in [9.17, 15) is 9.59 Å². The maximum Gasteiger partial charge on any atom is 0.345 e. The molecule has 0 spiro atoms. The summed E-state index contributed by atoms with van der Waals surface area (Å²) in [6.45, 7) is 2.26. The number of aliphatic imine (C=N–C) groups is 2. The van der Waals surface area contributed by atoms with Gasteiger partial charge in [0.2, 0.25) is 0 Å². The highest BCUT2D eigenvalue weighted by atomic mass is 32.2. The van der Waals surface area contributed by atoms with Crippen LogP contribution in [-0.4, -0.2) is 43.6 Å². The van der Waals surface area contributed by atoms with E-state index in [1.807, 2.05) is 0 Å². The van der Waals surface area contributed by atoms with E-state index in [1.165, 1.54) is 25.2 Å². The largest absolute Gasteiger partial charge is 0.459 e. The molecule has 0 saturated heterocycles. The Kier molecular flexibility index (Phi) is 3.93. The van der Waals surface area contributed by atoms with Gasteiger partial charge in [0.15, 0.2) is 0 Å². The van der Waals surface area contributed by atoms with Crippen molar-refractivity contribution in [1.82, 2.24) is 0 Å². The lowest BCUT2D eigenvalue weighted by Crippen LogP contribution is -2.21. The van der Waals surface area contributed by atoms with Gasteiger partial charge in [0.25, 0.3) is 5.91 Å². The Morgan fingerprint density at radius 1 is 1.50 bits per heavy atom. The maximum atomic E-state index is 11.8. The zero-order valence-electron chi connectivity index (χ0n) is 10.0. The smallest absolute Gasteiger partial charge is 0.345 e. The SMILES string of the molecule is COCCOC(=O)C1=C(C)C2C(=O)N=CN=C2S1. The third kappa shape index (κ3) is 2.37. The molecule has 2 aliphatic rings. The molecule has 0 saturated carbocycles. The molecule has 96 valence electrons. The number of fused-ring (bicyclic) bond motifs is 1. The number of esters is 1.